The highest BCUT2D eigenvalue weighted by atomic mass is 35.5. The summed E-state index contributed by atoms with van der Waals surface area (Å²) in [5.41, 5.74) is 3.15. The smallest absolute Gasteiger partial charge is 0.141 e. The van der Waals surface area contributed by atoms with Crippen LogP contribution in [0.4, 0.5) is 11.5 Å². The number of benzene rings is 3. The normalized spacial score (nSPS) is 11.0. The number of unbranched alkanes of at least 4 members (excludes halogenated alkanes) is 1. The van der Waals surface area contributed by atoms with E-state index >= 15 is 0 Å². The second-order valence-corrected chi connectivity index (χ2v) is 8.39. The molecule has 0 unspecified atom stereocenters. The van der Waals surface area contributed by atoms with Gasteiger partial charge in [-0.2, -0.15) is 0 Å². The summed E-state index contributed by atoms with van der Waals surface area (Å²) >= 11 is 8.21. The fourth-order valence-corrected chi connectivity index (χ4v) is 4.29. The zero-order valence-electron chi connectivity index (χ0n) is 16.2. The van der Waals surface area contributed by atoms with E-state index in [2.05, 4.69) is 52.5 Å². The molecule has 4 aromatic rings. The van der Waals surface area contributed by atoms with Crippen LogP contribution < -0.4 is 5.32 Å². The van der Waals surface area contributed by atoms with Crippen molar-refractivity contribution in [2.24, 2.45) is 0 Å². The zero-order chi connectivity index (χ0) is 20.1. The average molecular weight is 420 g/mol. The molecule has 0 spiro atoms. The van der Waals surface area contributed by atoms with Crippen LogP contribution in [0.3, 0.4) is 0 Å². The molecule has 146 valence electrons. The van der Waals surface area contributed by atoms with Gasteiger partial charge < -0.3 is 5.32 Å². The minimum Gasteiger partial charge on any atom is -0.340 e. The maximum absolute atomic E-state index is 6.55. The van der Waals surface area contributed by atoms with Crippen LogP contribution in [0.1, 0.15) is 25.3 Å². The quantitative estimate of drug-likeness (QED) is 0.336. The lowest BCUT2D eigenvalue weighted by atomic mass is 10.1. The minimum absolute atomic E-state index is 0.714. The maximum Gasteiger partial charge on any atom is 0.141 e. The molecule has 0 aliphatic rings. The Morgan fingerprint density at radius 1 is 0.966 bits per heavy atom. The largest absolute Gasteiger partial charge is 0.340 e. The van der Waals surface area contributed by atoms with Crippen LogP contribution in [-0.4, -0.2) is 9.97 Å². The molecule has 0 saturated carbocycles. The third kappa shape index (κ3) is 4.89. The summed E-state index contributed by atoms with van der Waals surface area (Å²) in [5, 5.41) is 5.16. The predicted octanol–water partition coefficient (Wildman–Crippen LogP) is 7.52. The highest BCUT2D eigenvalue weighted by Gasteiger charge is 2.08. The SMILES string of the molecule is CCCCc1ccc2ncnc(Nc3ccc(Sc4ccccc4)c(Cl)c3)c2c1. The van der Waals surface area contributed by atoms with Crippen molar-refractivity contribution < 1.29 is 0 Å². The number of aryl methyl sites for hydroxylation is 1. The van der Waals surface area contributed by atoms with Gasteiger partial charge in [0.2, 0.25) is 0 Å². The molecule has 3 nitrogen and oxygen atoms in total. The van der Waals surface area contributed by atoms with E-state index in [1.54, 1.807) is 18.1 Å². The Hall–Kier alpha value is -2.56. The van der Waals surface area contributed by atoms with Gasteiger partial charge in [0.1, 0.15) is 12.1 Å². The number of hydrogen-bond donors (Lipinski definition) is 1. The predicted molar refractivity (Wildman–Crippen MR) is 123 cm³/mol. The Morgan fingerprint density at radius 3 is 2.62 bits per heavy atom. The summed E-state index contributed by atoms with van der Waals surface area (Å²) in [4.78, 5) is 11.1. The average Bonchev–Trinajstić information content (AvgIpc) is 2.75. The summed E-state index contributed by atoms with van der Waals surface area (Å²) in [6.45, 7) is 2.21. The van der Waals surface area contributed by atoms with Gasteiger partial charge in [-0.05, 0) is 60.9 Å². The summed E-state index contributed by atoms with van der Waals surface area (Å²) in [6.07, 6.45) is 5.02. The van der Waals surface area contributed by atoms with Crippen molar-refractivity contribution in [3.05, 3.63) is 83.6 Å². The van der Waals surface area contributed by atoms with E-state index < -0.39 is 0 Å². The lowest BCUT2D eigenvalue weighted by Gasteiger charge is -2.11. The van der Waals surface area contributed by atoms with Crippen molar-refractivity contribution in [3.63, 3.8) is 0 Å². The molecule has 0 radical (unpaired) electrons. The van der Waals surface area contributed by atoms with E-state index in [1.165, 1.54) is 18.4 Å². The van der Waals surface area contributed by atoms with Crippen molar-refractivity contribution >= 4 is 45.8 Å². The molecule has 3 aromatic carbocycles. The molecule has 0 aliphatic carbocycles. The van der Waals surface area contributed by atoms with Crippen molar-refractivity contribution in [3.8, 4) is 0 Å². The zero-order valence-corrected chi connectivity index (χ0v) is 17.8. The van der Waals surface area contributed by atoms with E-state index in [-0.39, 0.29) is 0 Å². The molecule has 0 saturated heterocycles. The Morgan fingerprint density at radius 2 is 1.83 bits per heavy atom. The number of nitrogens with one attached hydrogen (secondary N) is 1. The van der Waals surface area contributed by atoms with Gasteiger partial charge in [-0.3, -0.25) is 0 Å². The Kier molecular flexibility index (Phi) is 6.33. The van der Waals surface area contributed by atoms with Gasteiger partial charge in [0.05, 0.1) is 10.5 Å². The number of aromatic nitrogens is 2. The van der Waals surface area contributed by atoms with E-state index in [0.717, 1.165) is 38.6 Å². The molecule has 1 heterocycles. The van der Waals surface area contributed by atoms with Crippen molar-refractivity contribution in [2.45, 2.75) is 36.0 Å². The van der Waals surface area contributed by atoms with Gasteiger partial charge in [0.25, 0.3) is 0 Å². The Labute approximate surface area is 180 Å². The summed E-state index contributed by atoms with van der Waals surface area (Å²) < 4.78 is 0. The first-order chi connectivity index (χ1) is 14.2. The highest BCUT2D eigenvalue weighted by molar-refractivity contribution is 7.99. The van der Waals surface area contributed by atoms with Crippen LogP contribution in [0.5, 0.6) is 0 Å². The molecule has 1 aromatic heterocycles. The first-order valence-corrected chi connectivity index (χ1v) is 11.0. The maximum atomic E-state index is 6.55. The summed E-state index contributed by atoms with van der Waals surface area (Å²) in [5.74, 6) is 0.799. The number of fused-ring (bicyclic) bond motifs is 1. The van der Waals surface area contributed by atoms with Gasteiger partial charge in [-0.1, -0.05) is 61.0 Å². The Balaban J connectivity index is 1.58. The molecule has 4 rings (SSSR count). The van der Waals surface area contributed by atoms with Gasteiger partial charge in [-0.15, -0.1) is 0 Å². The van der Waals surface area contributed by atoms with E-state index in [4.69, 9.17) is 11.6 Å². The molecular formula is C24H22ClN3S. The van der Waals surface area contributed by atoms with Crippen molar-refractivity contribution in [1.82, 2.24) is 9.97 Å². The standard InChI is InChI=1S/C24H22ClN3S/c1-2-3-7-17-10-12-22-20(14-17)24(27-16-26-22)28-18-11-13-23(21(25)15-18)29-19-8-5-4-6-9-19/h4-6,8-16H,2-3,7H2,1H3,(H,26,27,28). The number of hydrogen-bond acceptors (Lipinski definition) is 4. The molecule has 0 aliphatic heterocycles. The van der Waals surface area contributed by atoms with Crippen LogP contribution in [0, 0.1) is 0 Å². The fourth-order valence-electron chi connectivity index (χ4n) is 3.15. The van der Waals surface area contributed by atoms with E-state index in [9.17, 15) is 0 Å². The van der Waals surface area contributed by atoms with Crippen LogP contribution >= 0.6 is 23.4 Å². The molecule has 5 heteroatoms. The van der Waals surface area contributed by atoms with Crippen molar-refractivity contribution in [2.75, 3.05) is 5.32 Å². The number of nitrogens with zero attached hydrogens (tertiary/aromatic N) is 2. The van der Waals surface area contributed by atoms with E-state index in [1.807, 2.05) is 36.4 Å². The third-order valence-electron chi connectivity index (χ3n) is 4.68. The van der Waals surface area contributed by atoms with Crippen LogP contribution in [0.25, 0.3) is 10.9 Å². The molecule has 0 bridgehead atoms. The van der Waals surface area contributed by atoms with Crippen LogP contribution in [-0.2, 0) is 6.42 Å². The minimum atomic E-state index is 0.714. The number of anilines is 2. The van der Waals surface area contributed by atoms with Crippen molar-refractivity contribution in [1.29, 1.82) is 0 Å². The van der Waals surface area contributed by atoms with E-state index in [0.29, 0.717) is 5.02 Å². The Bertz CT molecular complexity index is 1120. The molecule has 0 amide bonds. The first-order valence-electron chi connectivity index (χ1n) is 9.76. The molecular weight excluding hydrogens is 398 g/mol. The van der Waals surface area contributed by atoms with Gasteiger partial charge in [0, 0.05) is 20.9 Å². The lowest BCUT2D eigenvalue weighted by Crippen LogP contribution is -1.97. The summed E-state index contributed by atoms with van der Waals surface area (Å²) in [6, 6.07) is 22.7. The monoisotopic (exact) mass is 419 g/mol. The second kappa shape index (κ2) is 9.29. The second-order valence-electron chi connectivity index (χ2n) is 6.86. The molecule has 0 fully saturated rings. The molecule has 1 N–H and O–H groups in total. The van der Waals surface area contributed by atoms with Gasteiger partial charge in [-0.25, -0.2) is 9.97 Å². The summed E-state index contributed by atoms with van der Waals surface area (Å²) in [7, 11) is 0. The highest BCUT2D eigenvalue weighted by Crippen LogP contribution is 2.35. The molecule has 0 atom stereocenters. The third-order valence-corrected chi connectivity index (χ3v) is 6.19. The lowest BCUT2D eigenvalue weighted by molar-refractivity contribution is 0.796. The van der Waals surface area contributed by atoms with Crippen LogP contribution in [0.2, 0.25) is 5.02 Å². The topological polar surface area (TPSA) is 37.8 Å². The number of halogens is 1. The van der Waals surface area contributed by atoms with Gasteiger partial charge in [0.15, 0.2) is 0 Å². The van der Waals surface area contributed by atoms with Gasteiger partial charge >= 0.3 is 0 Å². The fraction of sp³-hybridized carbons (Fsp3) is 0.167. The first kappa shape index (κ1) is 19.7. The number of rotatable bonds is 7. The van der Waals surface area contributed by atoms with Crippen LogP contribution in [0.15, 0.2) is 82.8 Å². The molecule has 29 heavy (non-hydrogen) atoms.